The molecule has 1 aliphatic rings. The molecule has 0 fully saturated rings. The van der Waals surface area contributed by atoms with E-state index >= 15 is 4.39 Å². The molecule has 1 amide bonds. The molecule has 0 spiro atoms. The summed E-state index contributed by atoms with van der Waals surface area (Å²) in [5.74, 6) is -2.04. The maximum absolute atomic E-state index is 16.5. The number of anilines is 1. The number of carbonyl (C=O) groups excluding carboxylic acids is 1. The van der Waals surface area contributed by atoms with Gasteiger partial charge < -0.3 is 14.5 Å². The summed E-state index contributed by atoms with van der Waals surface area (Å²) in [6.07, 6.45) is -4.96. The highest BCUT2D eigenvalue weighted by atomic mass is 35.5. The normalized spacial score (nSPS) is 21.7. The van der Waals surface area contributed by atoms with Crippen molar-refractivity contribution in [3.8, 4) is 5.75 Å². The van der Waals surface area contributed by atoms with Gasteiger partial charge in [-0.25, -0.2) is 13.5 Å². The highest BCUT2D eigenvalue weighted by Crippen LogP contribution is 2.62. The molecule has 1 heterocycles. The Labute approximate surface area is 193 Å². The summed E-state index contributed by atoms with van der Waals surface area (Å²) in [6, 6.07) is 4.80. The van der Waals surface area contributed by atoms with Crippen molar-refractivity contribution in [2.75, 3.05) is 19.3 Å². The van der Waals surface area contributed by atoms with E-state index in [0.717, 1.165) is 13.2 Å². The third-order valence-corrected chi connectivity index (χ3v) is 7.27. The number of phosphoric ester groups is 1. The zero-order chi connectivity index (χ0) is 25.7. The van der Waals surface area contributed by atoms with Gasteiger partial charge in [0.2, 0.25) is 5.67 Å². The van der Waals surface area contributed by atoms with Crippen molar-refractivity contribution in [3.05, 3.63) is 58.1 Å². The quantitative estimate of drug-likeness (QED) is 0.372. The van der Waals surface area contributed by atoms with Gasteiger partial charge in [0.05, 0.1) is 18.4 Å². The highest BCUT2D eigenvalue weighted by molar-refractivity contribution is 7.61. The van der Waals surface area contributed by atoms with E-state index in [1.54, 1.807) is 0 Å². The summed E-state index contributed by atoms with van der Waals surface area (Å²) in [5.41, 5.74) is -6.91. The van der Waals surface area contributed by atoms with E-state index in [2.05, 4.69) is 13.5 Å². The lowest BCUT2D eigenvalue weighted by Gasteiger charge is -2.23. The largest absolute Gasteiger partial charge is 0.503 e. The van der Waals surface area contributed by atoms with E-state index in [0.29, 0.717) is 19.2 Å². The minimum atomic E-state index is -5.74. The molecule has 0 radical (unpaired) electrons. The standard InChI is InChI=1S/C17H14ClF4NO9P2/c1-29-14-6-4-10(18)8-12(14)16(19)11-5-3-9(17(20,21)22)7-13(11)23(15(16)24)31-34(27,28)32-33(25,26)30-2/h3-8H,1-2H3,(H,25,26)(H,27,28)/t16-/m0/s1. The molecule has 3 rings (SSSR count). The first-order chi connectivity index (χ1) is 15.6. The molecule has 0 saturated carbocycles. The molecule has 2 N–H and O–H groups in total. The Bertz CT molecular complexity index is 1240. The molecule has 34 heavy (non-hydrogen) atoms. The Morgan fingerprint density at radius 3 is 2.24 bits per heavy atom. The summed E-state index contributed by atoms with van der Waals surface area (Å²) in [4.78, 5) is 32.2. The van der Waals surface area contributed by atoms with Crippen LogP contribution in [0.1, 0.15) is 16.7 Å². The molecule has 186 valence electrons. The number of alkyl halides is 4. The first-order valence-corrected chi connectivity index (χ1v) is 12.1. The number of benzene rings is 2. The van der Waals surface area contributed by atoms with Crippen molar-refractivity contribution < 1.29 is 59.5 Å². The van der Waals surface area contributed by atoms with Gasteiger partial charge in [-0.1, -0.05) is 17.7 Å². The van der Waals surface area contributed by atoms with E-state index in [9.17, 15) is 36.9 Å². The lowest BCUT2D eigenvalue weighted by atomic mass is 9.88. The van der Waals surface area contributed by atoms with Gasteiger partial charge in [0.15, 0.2) is 0 Å². The molecule has 2 aromatic rings. The lowest BCUT2D eigenvalue weighted by Crippen LogP contribution is -2.38. The van der Waals surface area contributed by atoms with E-state index in [1.807, 2.05) is 0 Å². The zero-order valence-corrected chi connectivity index (χ0v) is 19.5. The summed E-state index contributed by atoms with van der Waals surface area (Å²) < 4.78 is 97.4. The number of nitrogens with zero attached hydrogens (tertiary/aromatic N) is 1. The Balaban J connectivity index is 2.23. The first-order valence-electron chi connectivity index (χ1n) is 8.77. The van der Waals surface area contributed by atoms with Gasteiger partial charge in [-0.2, -0.15) is 27.2 Å². The van der Waals surface area contributed by atoms with Crippen LogP contribution in [0.3, 0.4) is 0 Å². The summed E-state index contributed by atoms with van der Waals surface area (Å²) >= 11 is 5.90. The number of rotatable bonds is 7. The Kier molecular flexibility index (Phi) is 6.95. The molecule has 2 unspecified atom stereocenters. The Morgan fingerprint density at radius 2 is 1.68 bits per heavy atom. The monoisotopic (exact) mass is 549 g/mol. The number of amides is 1. The minimum Gasteiger partial charge on any atom is -0.496 e. The predicted molar refractivity (Wildman–Crippen MR) is 108 cm³/mol. The second-order valence-electron chi connectivity index (χ2n) is 6.62. The fourth-order valence-corrected chi connectivity index (χ4v) is 5.07. The van der Waals surface area contributed by atoms with Gasteiger partial charge in [0.1, 0.15) is 5.75 Å². The van der Waals surface area contributed by atoms with Crippen molar-refractivity contribution in [1.29, 1.82) is 0 Å². The van der Waals surface area contributed by atoms with Crippen molar-refractivity contribution in [2.24, 2.45) is 0 Å². The molecular weight excluding hydrogens is 536 g/mol. The van der Waals surface area contributed by atoms with Crippen LogP contribution in [-0.4, -0.2) is 29.9 Å². The number of halogens is 5. The third kappa shape index (κ3) is 4.86. The minimum absolute atomic E-state index is 0.0778. The van der Waals surface area contributed by atoms with Crippen LogP contribution in [0.5, 0.6) is 5.75 Å². The van der Waals surface area contributed by atoms with E-state index < -0.39 is 55.8 Å². The summed E-state index contributed by atoms with van der Waals surface area (Å²) in [7, 11) is -9.18. The molecule has 1 aliphatic heterocycles. The fraction of sp³-hybridized carbons (Fsp3) is 0.235. The zero-order valence-electron chi connectivity index (χ0n) is 16.9. The number of hydrogen-bond donors (Lipinski definition) is 2. The topological polar surface area (TPSA) is 132 Å². The average molecular weight is 550 g/mol. The molecule has 10 nitrogen and oxygen atoms in total. The third-order valence-electron chi connectivity index (χ3n) is 4.55. The van der Waals surface area contributed by atoms with Gasteiger partial charge in [0.25, 0.3) is 5.91 Å². The average Bonchev–Trinajstić information content (AvgIpc) is 2.94. The van der Waals surface area contributed by atoms with Gasteiger partial charge in [-0.05, 0) is 30.3 Å². The van der Waals surface area contributed by atoms with Crippen LogP contribution in [-0.2, 0) is 39.2 Å². The smallest absolute Gasteiger partial charge is 0.496 e. The molecule has 2 aromatic carbocycles. The first kappa shape index (κ1) is 26.6. The van der Waals surface area contributed by atoms with Crippen LogP contribution in [0.15, 0.2) is 36.4 Å². The lowest BCUT2D eigenvalue weighted by molar-refractivity contribution is -0.137. The van der Waals surface area contributed by atoms with Gasteiger partial charge in [-0.3, -0.25) is 9.32 Å². The van der Waals surface area contributed by atoms with E-state index in [-0.39, 0.29) is 21.9 Å². The maximum Gasteiger partial charge on any atom is 0.503 e. The van der Waals surface area contributed by atoms with Gasteiger partial charge in [-0.15, -0.1) is 0 Å². The van der Waals surface area contributed by atoms with Crippen molar-refractivity contribution in [1.82, 2.24) is 0 Å². The van der Waals surface area contributed by atoms with Crippen LogP contribution in [0.4, 0.5) is 23.2 Å². The van der Waals surface area contributed by atoms with Crippen LogP contribution in [0.25, 0.3) is 0 Å². The van der Waals surface area contributed by atoms with Crippen LogP contribution in [0.2, 0.25) is 5.02 Å². The molecule has 0 aromatic heterocycles. The second-order valence-corrected chi connectivity index (χ2v) is 10.1. The number of hydroxylamine groups is 1. The van der Waals surface area contributed by atoms with Gasteiger partial charge in [0, 0.05) is 23.3 Å². The predicted octanol–water partition coefficient (Wildman–Crippen LogP) is 4.72. The SMILES string of the molecule is COc1ccc(Cl)cc1[C@]1(F)C(=O)N(OP(=O)(O)OP(=O)(O)OC)c2cc(C(F)(F)F)ccc21. The van der Waals surface area contributed by atoms with E-state index in [1.165, 1.54) is 12.1 Å². The van der Waals surface area contributed by atoms with Crippen LogP contribution in [0, 0.1) is 0 Å². The second kappa shape index (κ2) is 8.89. The number of methoxy groups -OCH3 is 1. The number of phosphoric acid groups is 2. The van der Waals surface area contributed by atoms with Crippen LogP contribution < -0.4 is 9.80 Å². The Morgan fingerprint density at radius 1 is 1.03 bits per heavy atom. The number of hydrogen-bond acceptors (Lipinski definition) is 7. The van der Waals surface area contributed by atoms with E-state index in [4.69, 9.17) is 16.3 Å². The van der Waals surface area contributed by atoms with Crippen LogP contribution >= 0.6 is 27.2 Å². The van der Waals surface area contributed by atoms with Gasteiger partial charge >= 0.3 is 21.8 Å². The molecule has 0 bridgehead atoms. The van der Waals surface area contributed by atoms with Crippen molar-refractivity contribution >= 4 is 38.8 Å². The summed E-state index contributed by atoms with van der Waals surface area (Å²) in [6.45, 7) is 0. The molecule has 17 heteroatoms. The summed E-state index contributed by atoms with van der Waals surface area (Å²) in [5, 5.41) is -0.354. The number of fused-ring (bicyclic) bond motifs is 1. The molecule has 0 saturated heterocycles. The fourth-order valence-electron chi connectivity index (χ4n) is 3.10. The molecule has 0 aliphatic carbocycles. The molecule has 3 atom stereocenters. The maximum atomic E-state index is 16.5. The number of carbonyl (C=O) groups is 1. The van der Waals surface area contributed by atoms with Crippen molar-refractivity contribution in [2.45, 2.75) is 11.8 Å². The van der Waals surface area contributed by atoms with Crippen molar-refractivity contribution in [3.63, 3.8) is 0 Å². The Hall–Kier alpha value is -2.02. The molecular formula is C17H14ClF4NO9P2. The highest BCUT2D eigenvalue weighted by Gasteiger charge is 2.58. The number of ether oxygens (including phenoxy) is 1.